The van der Waals surface area contributed by atoms with E-state index >= 15 is 0 Å². The summed E-state index contributed by atoms with van der Waals surface area (Å²) in [6, 6.07) is 0. The van der Waals surface area contributed by atoms with E-state index in [1.54, 1.807) is 0 Å². The van der Waals surface area contributed by atoms with Gasteiger partial charge in [-0.05, 0) is 6.90 Å². The molecule has 0 radical (unpaired) electrons. The predicted molar refractivity (Wildman–Crippen MR) is 57.7 cm³/mol. The van der Waals surface area contributed by atoms with E-state index in [2.05, 4.69) is 4.98 Å². The molecule has 0 amide bonds. The Kier molecular flexibility index (Phi) is 2.79. The van der Waals surface area contributed by atoms with Crippen molar-refractivity contribution in [1.29, 1.82) is 0 Å². The smallest absolute Gasteiger partial charge is 0.330 e. The molecular formula is C10H14N2O5. The number of aromatic amines is 1. The van der Waals surface area contributed by atoms with E-state index in [1.165, 1.54) is 6.20 Å². The first-order chi connectivity index (χ1) is 8.56. The van der Waals surface area contributed by atoms with Crippen LogP contribution in [0.15, 0.2) is 15.8 Å². The van der Waals surface area contributed by atoms with Gasteiger partial charge < -0.3 is 14.9 Å². The fraction of sp³-hybridized carbons (Fsp3) is 0.600. The van der Waals surface area contributed by atoms with Gasteiger partial charge in [0.1, 0.15) is 12.3 Å². The van der Waals surface area contributed by atoms with Crippen LogP contribution in [-0.4, -0.2) is 38.6 Å². The highest BCUT2D eigenvalue weighted by Gasteiger charge is 2.34. The molecule has 0 spiro atoms. The maximum atomic E-state index is 11.6. The number of hydrogen-bond acceptors (Lipinski definition) is 5. The summed E-state index contributed by atoms with van der Waals surface area (Å²) in [4.78, 5) is 25.0. The highest BCUT2D eigenvalue weighted by Crippen LogP contribution is 2.27. The van der Waals surface area contributed by atoms with Crippen molar-refractivity contribution in [2.24, 2.45) is 0 Å². The van der Waals surface area contributed by atoms with E-state index in [4.69, 9.17) is 11.2 Å². The third-order valence-corrected chi connectivity index (χ3v) is 2.74. The predicted octanol–water partition coefficient (Wildman–Crippen LogP) is -1.51. The van der Waals surface area contributed by atoms with Crippen molar-refractivity contribution in [2.45, 2.75) is 31.8 Å². The van der Waals surface area contributed by atoms with Crippen LogP contribution in [0.2, 0.25) is 0 Å². The van der Waals surface area contributed by atoms with E-state index in [1.807, 2.05) is 0 Å². The zero-order chi connectivity index (χ0) is 13.3. The highest BCUT2D eigenvalue weighted by molar-refractivity contribution is 5.02. The summed E-state index contributed by atoms with van der Waals surface area (Å²) in [5.41, 5.74) is -1.11. The van der Waals surface area contributed by atoms with Crippen molar-refractivity contribution in [2.75, 3.05) is 6.61 Å². The van der Waals surface area contributed by atoms with Gasteiger partial charge in [-0.3, -0.25) is 14.3 Å². The van der Waals surface area contributed by atoms with Gasteiger partial charge >= 0.3 is 5.69 Å². The summed E-state index contributed by atoms with van der Waals surface area (Å²) in [7, 11) is 0. The van der Waals surface area contributed by atoms with Crippen molar-refractivity contribution in [3.05, 3.63) is 32.6 Å². The van der Waals surface area contributed by atoms with Crippen LogP contribution in [-0.2, 0) is 4.74 Å². The van der Waals surface area contributed by atoms with Crippen molar-refractivity contribution in [3.63, 3.8) is 0 Å². The molecule has 17 heavy (non-hydrogen) atoms. The molecule has 2 rings (SSSR count). The van der Waals surface area contributed by atoms with Crippen molar-refractivity contribution in [3.8, 4) is 0 Å². The minimum Gasteiger partial charge on any atom is -0.394 e. The number of aryl methyl sites for hydroxylation is 1. The maximum absolute atomic E-state index is 11.6. The third-order valence-electron chi connectivity index (χ3n) is 2.74. The Morgan fingerprint density at radius 1 is 1.71 bits per heavy atom. The minimum absolute atomic E-state index is 0.139. The second-order valence-electron chi connectivity index (χ2n) is 3.94. The normalized spacial score (nSPS) is 29.3. The molecule has 3 unspecified atom stereocenters. The molecule has 1 aliphatic heterocycles. The Balaban J connectivity index is 2.35. The highest BCUT2D eigenvalue weighted by atomic mass is 16.5. The largest absolute Gasteiger partial charge is 0.394 e. The maximum Gasteiger partial charge on any atom is 0.330 e. The van der Waals surface area contributed by atoms with Gasteiger partial charge in [-0.1, -0.05) is 0 Å². The van der Waals surface area contributed by atoms with E-state index in [0.29, 0.717) is 0 Å². The molecule has 0 saturated carbocycles. The van der Waals surface area contributed by atoms with E-state index < -0.39 is 29.7 Å². The lowest BCUT2D eigenvalue weighted by Gasteiger charge is -2.14. The Labute approximate surface area is 97.7 Å². The molecule has 1 aromatic heterocycles. The zero-order valence-corrected chi connectivity index (χ0v) is 9.00. The molecule has 1 aromatic rings. The number of ether oxygens (including phenoxy) is 1. The number of aromatic nitrogens is 2. The number of aliphatic hydroxyl groups excluding tert-OH is 2. The molecule has 7 heteroatoms. The van der Waals surface area contributed by atoms with E-state index in [0.717, 1.165) is 4.57 Å². The first kappa shape index (κ1) is 10.7. The zero-order valence-electron chi connectivity index (χ0n) is 10.00. The van der Waals surface area contributed by atoms with E-state index in [9.17, 15) is 14.7 Å². The van der Waals surface area contributed by atoms with Gasteiger partial charge in [0.15, 0.2) is 0 Å². The summed E-state index contributed by atoms with van der Waals surface area (Å²) >= 11 is 0. The Bertz CT molecular complexity index is 540. The van der Waals surface area contributed by atoms with Crippen molar-refractivity contribution < 1.29 is 16.3 Å². The van der Waals surface area contributed by atoms with Gasteiger partial charge in [0.05, 0.1) is 12.7 Å². The average molecular weight is 244 g/mol. The van der Waals surface area contributed by atoms with Gasteiger partial charge in [-0.15, -0.1) is 0 Å². The Hall–Kier alpha value is -1.44. The van der Waals surface area contributed by atoms with Crippen LogP contribution in [0.5, 0.6) is 0 Å². The molecule has 0 bridgehead atoms. The average Bonchev–Trinajstić information content (AvgIpc) is 2.70. The molecule has 1 aliphatic rings. The van der Waals surface area contributed by atoms with Crippen LogP contribution < -0.4 is 11.2 Å². The summed E-state index contributed by atoms with van der Waals surface area (Å²) < 4.78 is 13.6. The van der Waals surface area contributed by atoms with Crippen LogP contribution in [0.25, 0.3) is 0 Å². The molecule has 1 fully saturated rings. The second-order valence-corrected chi connectivity index (χ2v) is 3.94. The van der Waals surface area contributed by atoms with Crippen LogP contribution in [0.3, 0.4) is 0 Å². The molecule has 3 atom stereocenters. The lowest BCUT2D eigenvalue weighted by Crippen LogP contribution is -2.33. The van der Waals surface area contributed by atoms with Crippen LogP contribution >= 0.6 is 0 Å². The van der Waals surface area contributed by atoms with Gasteiger partial charge in [0.25, 0.3) is 5.56 Å². The van der Waals surface area contributed by atoms with Crippen LogP contribution in [0.4, 0.5) is 0 Å². The quantitative estimate of drug-likeness (QED) is 0.586. The fourth-order valence-electron chi connectivity index (χ4n) is 1.79. The number of nitrogens with one attached hydrogen (secondary N) is 1. The summed E-state index contributed by atoms with van der Waals surface area (Å²) in [6.45, 7) is -0.602. The van der Waals surface area contributed by atoms with E-state index in [-0.39, 0.29) is 25.5 Å². The van der Waals surface area contributed by atoms with Crippen LogP contribution in [0, 0.1) is 6.90 Å². The molecule has 0 aliphatic carbocycles. The molecule has 7 nitrogen and oxygen atoms in total. The number of nitrogens with zero attached hydrogens (tertiary/aromatic N) is 1. The standard InChI is InChI=1S/C10H14N2O5/c1-5-3-12(10(16)11-9(5)15)8-2-6(14)7(4-13)17-8/h3,6-8,13-14H,2,4H2,1H3,(H,11,15,16)/i1T. The lowest BCUT2D eigenvalue weighted by atomic mass is 10.2. The summed E-state index contributed by atoms with van der Waals surface area (Å²) in [6.07, 6.45) is -0.946. The topological polar surface area (TPSA) is 105 Å². The minimum atomic E-state index is -0.863. The monoisotopic (exact) mass is 244 g/mol. The molecular weight excluding hydrogens is 228 g/mol. The Morgan fingerprint density at radius 2 is 2.47 bits per heavy atom. The molecule has 2 heterocycles. The molecule has 0 aromatic carbocycles. The van der Waals surface area contributed by atoms with Gasteiger partial charge in [-0.2, -0.15) is 0 Å². The third kappa shape index (κ3) is 2.17. The lowest BCUT2D eigenvalue weighted by molar-refractivity contribution is -0.0459. The van der Waals surface area contributed by atoms with Gasteiger partial charge in [0.2, 0.25) is 0 Å². The summed E-state index contributed by atoms with van der Waals surface area (Å²) in [5.74, 6) is 0. The molecule has 1 saturated heterocycles. The number of hydrogen-bond donors (Lipinski definition) is 3. The SMILES string of the molecule is [3H]Cc1cn(C2CC(O)C(CO)O2)c(=O)[nH]c1=O. The van der Waals surface area contributed by atoms with Gasteiger partial charge in [0, 0.05) is 19.6 Å². The van der Waals surface area contributed by atoms with Crippen LogP contribution in [0.1, 0.15) is 19.6 Å². The number of H-pyrrole nitrogens is 1. The summed E-state index contributed by atoms with van der Waals surface area (Å²) in [5, 5.41) is 18.5. The molecule has 3 N–H and O–H groups in total. The van der Waals surface area contributed by atoms with Crippen molar-refractivity contribution >= 4 is 0 Å². The second kappa shape index (κ2) is 4.44. The Morgan fingerprint density at radius 3 is 3.06 bits per heavy atom. The first-order valence-electron chi connectivity index (χ1n) is 5.85. The first-order valence-corrected chi connectivity index (χ1v) is 5.14. The number of aliphatic hydroxyl groups is 2. The number of rotatable bonds is 2. The molecule has 94 valence electrons. The van der Waals surface area contributed by atoms with Gasteiger partial charge in [-0.25, -0.2) is 4.79 Å². The fourth-order valence-corrected chi connectivity index (χ4v) is 1.79. The van der Waals surface area contributed by atoms with Crippen molar-refractivity contribution in [1.82, 2.24) is 9.55 Å².